The van der Waals surface area contributed by atoms with Gasteiger partial charge in [-0.15, -0.1) is 0 Å². The summed E-state index contributed by atoms with van der Waals surface area (Å²) in [4.78, 5) is 12.8. The van der Waals surface area contributed by atoms with Gasteiger partial charge in [0.05, 0.1) is 33.0 Å². The van der Waals surface area contributed by atoms with Crippen molar-refractivity contribution in [2.24, 2.45) is 5.92 Å². The van der Waals surface area contributed by atoms with Crippen LogP contribution < -0.4 is 14.8 Å². The molecule has 0 radical (unpaired) electrons. The molecular formula is C24H35NO9. The number of carbonyl (C=O) groups excluding carboxylic acids is 1. The zero-order chi connectivity index (χ0) is 24.2. The molecule has 2 aliphatic rings. The van der Waals surface area contributed by atoms with E-state index >= 15 is 0 Å². The van der Waals surface area contributed by atoms with E-state index in [1.165, 1.54) is 0 Å². The van der Waals surface area contributed by atoms with Crippen LogP contribution in [0.1, 0.15) is 24.8 Å². The molecular weight excluding hydrogens is 446 g/mol. The Labute approximate surface area is 200 Å². The Morgan fingerprint density at radius 2 is 1.91 bits per heavy atom. The molecule has 34 heavy (non-hydrogen) atoms. The highest BCUT2D eigenvalue weighted by molar-refractivity contribution is 5.91. The van der Waals surface area contributed by atoms with Crippen LogP contribution >= 0.6 is 0 Å². The highest BCUT2D eigenvalue weighted by atomic mass is 16.7. The van der Waals surface area contributed by atoms with Crippen LogP contribution in [0, 0.1) is 5.92 Å². The zero-order valence-electron chi connectivity index (χ0n) is 19.8. The number of carbonyl (C=O) groups is 1. The fourth-order valence-corrected chi connectivity index (χ4v) is 3.90. The van der Waals surface area contributed by atoms with Crippen LogP contribution in [0.4, 0.5) is 0 Å². The van der Waals surface area contributed by atoms with E-state index in [2.05, 4.69) is 5.32 Å². The first-order valence-electron chi connectivity index (χ1n) is 11.6. The number of aliphatic hydroxyl groups excluding tert-OH is 1. The van der Waals surface area contributed by atoms with E-state index in [9.17, 15) is 4.79 Å². The van der Waals surface area contributed by atoms with Crippen molar-refractivity contribution in [3.8, 4) is 11.5 Å². The van der Waals surface area contributed by atoms with Crippen LogP contribution in [0.5, 0.6) is 11.5 Å². The molecule has 0 bridgehead atoms. The standard InChI is InChI=1S/C24H35NO9/c1-3-31-24-18(6-9-29-12-13-30-11-8-26)19(15-22(34-24)23(27)25-7-10-28-2)17-4-5-20-21(14-17)33-16-32-20/h4-5,14-15,18-19,24,26H,3,6-13,16H2,1-2H3,(H,25,27). The summed E-state index contributed by atoms with van der Waals surface area (Å²) >= 11 is 0. The third kappa shape index (κ3) is 7.31. The molecule has 0 spiro atoms. The summed E-state index contributed by atoms with van der Waals surface area (Å²) < 4.78 is 38.9. The van der Waals surface area contributed by atoms with Gasteiger partial charge >= 0.3 is 0 Å². The minimum atomic E-state index is -0.622. The van der Waals surface area contributed by atoms with Crippen LogP contribution in [0.15, 0.2) is 30.0 Å². The molecule has 0 aromatic heterocycles. The summed E-state index contributed by atoms with van der Waals surface area (Å²) in [5.74, 6) is 0.996. The van der Waals surface area contributed by atoms with Gasteiger partial charge in [-0.1, -0.05) is 6.07 Å². The molecule has 0 aliphatic carbocycles. The second-order valence-electron chi connectivity index (χ2n) is 7.76. The molecule has 2 heterocycles. The number of benzene rings is 1. The summed E-state index contributed by atoms with van der Waals surface area (Å²) in [6, 6.07) is 5.79. The number of rotatable bonds is 15. The van der Waals surface area contributed by atoms with Crippen LogP contribution in [0.25, 0.3) is 0 Å². The predicted octanol–water partition coefficient (Wildman–Crippen LogP) is 1.57. The lowest BCUT2D eigenvalue weighted by molar-refractivity contribution is -0.168. The van der Waals surface area contributed by atoms with Crippen molar-refractivity contribution in [2.45, 2.75) is 25.6 Å². The van der Waals surface area contributed by atoms with Crippen LogP contribution in [-0.4, -0.2) is 84.0 Å². The van der Waals surface area contributed by atoms with Gasteiger partial charge in [0.2, 0.25) is 13.1 Å². The molecule has 190 valence electrons. The maximum atomic E-state index is 12.8. The maximum Gasteiger partial charge on any atom is 0.286 e. The van der Waals surface area contributed by atoms with Crippen molar-refractivity contribution in [3.63, 3.8) is 0 Å². The maximum absolute atomic E-state index is 12.8. The van der Waals surface area contributed by atoms with Gasteiger partial charge in [-0.2, -0.15) is 0 Å². The van der Waals surface area contributed by atoms with Gasteiger partial charge in [0.25, 0.3) is 5.91 Å². The zero-order valence-corrected chi connectivity index (χ0v) is 19.8. The van der Waals surface area contributed by atoms with Gasteiger partial charge in [0.15, 0.2) is 17.3 Å². The second kappa shape index (κ2) is 14.1. The molecule has 1 aromatic carbocycles. The lowest BCUT2D eigenvalue weighted by atomic mass is 9.81. The van der Waals surface area contributed by atoms with Gasteiger partial charge in [0, 0.05) is 38.7 Å². The molecule has 3 atom stereocenters. The molecule has 0 saturated carbocycles. The first-order valence-corrected chi connectivity index (χ1v) is 11.6. The summed E-state index contributed by atoms with van der Waals surface area (Å²) in [6.07, 6.45) is 1.85. The highest BCUT2D eigenvalue weighted by Crippen LogP contribution is 2.42. The highest BCUT2D eigenvalue weighted by Gasteiger charge is 2.38. The Morgan fingerprint density at radius 3 is 2.68 bits per heavy atom. The average molecular weight is 482 g/mol. The minimum absolute atomic E-state index is 0.0135. The molecule has 10 nitrogen and oxygen atoms in total. The van der Waals surface area contributed by atoms with Crippen molar-refractivity contribution in [3.05, 3.63) is 35.6 Å². The van der Waals surface area contributed by atoms with Crippen molar-refractivity contribution in [1.82, 2.24) is 5.32 Å². The number of methoxy groups -OCH3 is 1. The quantitative estimate of drug-likeness (QED) is 0.360. The van der Waals surface area contributed by atoms with E-state index in [0.717, 1.165) is 5.56 Å². The Bertz CT molecular complexity index is 801. The minimum Gasteiger partial charge on any atom is -0.459 e. The average Bonchev–Trinajstić information content (AvgIpc) is 3.32. The number of aliphatic hydroxyl groups is 1. The van der Waals surface area contributed by atoms with Crippen molar-refractivity contribution in [2.75, 3.05) is 66.7 Å². The fourth-order valence-electron chi connectivity index (χ4n) is 3.90. The smallest absolute Gasteiger partial charge is 0.286 e. The number of fused-ring (bicyclic) bond motifs is 1. The third-order valence-electron chi connectivity index (χ3n) is 5.52. The molecule has 1 amide bonds. The Hall–Kier alpha value is -2.37. The normalized spacial score (nSPS) is 21.1. The third-order valence-corrected chi connectivity index (χ3v) is 5.52. The fraction of sp³-hybridized carbons (Fsp3) is 0.625. The lowest BCUT2D eigenvalue weighted by Gasteiger charge is -2.37. The number of hydrogen-bond donors (Lipinski definition) is 2. The first-order chi connectivity index (χ1) is 16.7. The molecule has 0 fully saturated rings. The van der Waals surface area contributed by atoms with E-state index in [-0.39, 0.29) is 36.9 Å². The summed E-state index contributed by atoms with van der Waals surface area (Å²) in [6.45, 7) is 4.86. The van der Waals surface area contributed by atoms with Gasteiger partial charge in [-0.25, -0.2) is 0 Å². The van der Waals surface area contributed by atoms with E-state index in [1.54, 1.807) is 7.11 Å². The van der Waals surface area contributed by atoms with Crippen molar-refractivity contribution in [1.29, 1.82) is 0 Å². The van der Waals surface area contributed by atoms with Crippen molar-refractivity contribution >= 4 is 5.91 Å². The lowest BCUT2D eigenvalue weighted by Crippen LogP contribution is -2.40. The second-order valence-corrected chi connectivity index (χ2v) is 7.76. The number of nitrogens with one attached hydrogen (secondary N) is 1. The van der Waals surface area contributed by atoms with Gasteiger partial charge < -0.3 is 43.6 Å². The van der Waals surface area contributed by atoms with E-state index in [0.29, 0.717) is 64.1 Å². The van der Waals surface area contributed by atoms with Gasteiger partial charge in [0.1, 0.15) is 0 Å². The molecule has 3 unspecified atom stereocenters. The molecule has 3 rings (SSSR count). The summed E-state index contributed by atoms with van der Waals surface area (Å²) in [5, 5.41) is 11.6. The first kappa shape index (κ1) is 26.2. The number of hydrogen-bond acceptors (Lipinski definition) is 9. The Morgan fingerprint density at radius 1 is 1.12 bits per heavy atom. The van der Waals surface area contributed by atoms with Crippen LogP contribution in [-0.2, 0) is 28.5 Å². The Kier molecular flexibility index (Phi) is 10.9. The summed E-state index contributed by atoms with van der Waals surface area (Å²) in [5.41, 5.74) is 0.968. The van der Waals surface area contributed by atoms with E-state index in [1.807, 2.05) is 31.2 Å². The molecule has 10 heteroatoms. The molecule has 2 aliphatic heterocycles. The molecule has 1 aromatic rings. The van der Waals surface area contributed by atoms with E-state index in [4.69, 9.17) is 38.3 Å². The topological polar surface area (TPSA) is 114 Å². The van der Waals surface area contributed by atoms with Crippen LogP contribution in [0.3, 0.4) is 0 Å². The van der Waals surface area contributed by atoms with Gasteiger partial charge in [-0.05, 0) is 37.1 Å². The number of allylic oxidation sites excluding steroid dienone is 1. The Balaban J connectivity index is 1.77. The molecule has 2 N–H and O–H groups in total. The number of ether oxygens (including phenoxy) is 7. The number of amides is 1. The van der Waals surface area contributed by atoms with Crippen molar-refractivity contribution < 1.29 is 43.1 Å². The summed E-state index contributed by atoms with van der Waals surface area (Å²) in [7, 11) is 1.58. The van der Waals surface area contributed by atoms with Gasteiger partial charge in [-0.3, -0.25) is 4.79 Å². The molecule has 0 saturated heterocycles. The monoisotopic (exact) mass is 481 g/mol. The van der Waals surface area contributed by atoms with Crippen LogP contribution in [0.2, 0.25) is 0 Å². The van der Waals surface area contributed by atoms with E-state index < -0.39 is 6.29 Å². The predicted molar refractivity (Wildman–Crippen MR) is 122 cm³/mol. The SMILES string of the molecule is CCOC1OC(C(=O)NCCOC)=CC(c2ccc3c(c2)OCO3)C1CCOCCOCCO. The largest absolute Gasteiger partial charge is 0.459 e.